The third-order valence-electron chi connectivity index (χ3n) is 0.801. The van der Waals surface area contributed by atoms with E-state index in [0.29, 0.717) is 12.3 Å². The lowest BCUT2D eigenvalue weighted by Gasteiger charge is -1.95. The Morgan fingerprint density at radius 3 is 2.40 bits per heavy atom. The molecule has 0 radical (unpaired) electrons. The van der Waals surface area contributed by atoms with Crippen molar-refractivity contribution >= 4 is 12.3 Å². The van der Waals surface area contributed by atoms with E-state index < -0.39 is 0 Å². The van der Waals surface area contributed by atoms with E-state index in [1.165, 1.54) is 7.11 Å². The Kier molecular flexibility index (Phi) is 4.20. The summed E-state index contributed by atoms with van der Waals surface area (Å²) in [7, 11) is 1.47. The van der Waals surface area contributed by atoms with Gasteiger partial charge < -0.3 is 4.74 Å². The van der Waals surface area contributed by atoms with Crippen LogP contribution in [0.2, 0.25) is 0 Å². The predicted octanol–water partition coefficient (Wildman–Crippen LogP) is 1.15. The fraction of sp³-hybridized carbons (Fsp3) is 0.429. The van der Waals surface area contributed by atoms with Gasteiger partial charge in [-0.3, -0.25) is 4.79 Å². The van der Waals surface area contributed by atoms with Crippen LogP contribution in [0.15, 0.2) is 16.6 Å². The summed E-state index contributed by atoms with van der Waals surface area (Å²) in [4.78, 5) is 13.3. The molecule has 3 nitrogen and oxygen atoms in total. The van der Waals surface area contributed by atoms with Crippen LogP contribution in [0.25, 0.3) is 0 Å². The molecular formula is C7H11NO2. The molecule has 0 aromatic rings. The number of carbonyl (C=O) groups excluding carboxylic acids is 1. The van der Waals surface area contributed by atoms with Gasteiger partial charge in [0.25, 0.3) is 0 Å². The first-order valence-corrected chi connectivity index (χ1v) is 2.91. The molecule has 0 aliphatic carbocycles. The van der Waals surface area contributed by atoms with Crippen LogP contribution < -0.4 is 0 Å². The molecule has 0 N–H and O–H groups in total. The molecule has 0 spiro atoms. The fourth-order valence-corrected chi connectivity index (χ4v) is 0.448. The molecule has 56 valence electrons. The minimum Gasteiger partial charge on any atom is -0.481 e. The summed E-state index contributed by atoms with van der Waals surface area (Å²) in [6.45, 7) is 3.80. The van der Waals surface area contributed by atoms with Gasteiger partial charge in [-0.15, -0.1) is 0 Å². The van der Waals surface area contributed by atoms with E-state index in [4.69, 9.17) is 4.74 Å². The number of hydrogen-bond donors (Lipinski definition) is 0. The van der Waals surface area contributed by atoms with Crippen molar-refractivity contribution in [3.8, 4) is 0 Å². The number of nitrogens with zero attached hydrogens (tertiary/aromatic N) is 1. The summed E-state index contributed by atoms with van der Waals surface area (Å²) < 4.78 is 4.74. The van der Waals surface area contributed by atoms with Crippen LogP contribution in [0.4, 0.5) is 0 Å². The Bertz CT molecular complexity index is 164. The molecule has 0 saturated carbocycles. The van der Waals surface area contributed by atoms with Gasteiger partial charge >= 0.3 is 0 Å². The number of ether oxygens (including phenoxy) is 1. The van der Waals surface area contributed by atoms with Crippen LogP contribution in [0, 0.1) is 0 Å². The zero-order valence-electron chi connectivity index (χ0n) is 6.42. The van der Waals surface area contributed by atoms with Crippen LogP contribution in [-0.2, 0) is 9.53 Å². The summed E-state index contributed by atoms with van der Waals surface area (Å²) in [6, 6.07) is 0. The van der Waals surface area contributed by atoms with Crippen molar-refractivity contribution in [3.05, 3.63) is 11.6 Å². The Morgan fingerprint density at radius 2 is 2.10 bits per heavy atom. The number of allylic oxidation sites excluding steroid dienone is 1. The molecule has 0 aromatic carbocycles. The quantitative estimate of drug-likeness (QED) is 0.329. The maximum absolute atomic E-state index is 9.86. The molecule has 3 heteroatoms. The topological polar surface area (TPSA) is 38.7 Å². The molecule has 0 fully saturated rings. The minimum absolute atomic E-state index is 0.343. The SMILES string of the molecule is COC(C=C(C)C)=NC=O. The average Bonchev–Trinajstić information content (AvgIpc) is 1.86. The first-order valence-electron chi connectivity index (χ1n) is 2.91. The summed E-state index contributed by atoms with van der Waals surface area (Å²) >= 11 is 0. The van der Waals surface area contributed by atoms with Gasteiger partial charge in [0.1, 0.15) is 0 Å². The Balaban J connectivity index is 4.22. The fourth-order valence-electron chi connectivity index (χ4n) is 0.448. The van der Waals surface area contributed by atoms with E-state index in [1.807, 2.05) is 13.8 Å². The summed E-state index contributed by atoms with van der Waals surface area (Å²) in [5, 5.41) is 0. The second kappa shape index (κ2) is 4.73. The van der Waals surface area contributed by atoms with Crippen molar-refractivity contribution in [3.63, 3.8) is 0 Å². The van der Waals surface area contributed by atoms with Crippen LogP contribution in [0.5, 0.6) is 0 Å². The molecule has 0 aromatic heterocycles. The van der Waals surface area contributed by atoms with Crippen LogP contribution in [-0.4, -0.2) is 19.4 Å². The van der Waals surface area contributed by atoms with E-state index in [9.17, 15) is 4.79 Å². The predicted molar refractivity (Wildman–Crippen MR) is 39.9 cm³/mol. The van der Waals surface area contributed by atoms with Crippen molar-refractivity contribution in [1.29, 1.82) is 0 Å². The number of methoxy groups -OCH3 is 1. The molecule has 0 rings (SSSR count). The van der Waals surface area contributed by atoms with E-state index in [1.54, 1.807) is 6.08 Å². The summed E-state index contributed by atoms with van der Waals surface area (Å²) in [5.74, 6) is 0.343. The standard InChI is InChI=1S/C7H11NO2/c1-6(2)4-7(10-3)8-5-9/h4-5H,1-3H3. The van der Waals surface area contributed by atoms with Gasteiger partial charge in [0, 0.05) is 0 Å². The highest BCUT2D eigenvalue weighted by molar-refractivity contribution is 5.92. The van der Waals surface area contributed by atoms with E-state index >= 15 is 0 Å². The van der Waals surface area contributed by atoms with E-state index in [0.717, 1.165) is 5.57 Å². The van der Waals surface area contributed by atoms with Gasteiger partial charge in [0.2, 0.25) is 12.3 Å². The van der Waals surface area contributed by atoms with Gasteiger partial charge in [-0.2, -0.15) is 4.99 Å². The van der Waals surface area contributed by atoms with Gasteiger partial charge in [-0.05, 0) is 19.9 Å². The van der Waals surface area contributed by atoms with Crippen molar-refractivity contribution < 1.29 is 9.53 Å². The van der Waals surface area contributed by atoms with Crippen LogP contribution >= 0.6 is 0 Å². The van der Waals surface area contributed by atoms with Gasteiger partial charge in [-0.1, -0.05) is 5.57 Å². The Morgan fingerprint density at radius 1 is 1.50 bits per heavy atom. The maximum atomic E-state index is 9.86. The molecule has 0 aliphatic rings. The molecule has 10 heavy (non-hydrogen) atoms. The average molecular weight is 141 g/mol. The number of hydrogen-bond acceptors (Lipinski definition) is 2. The summed E-state index contributed by atoms with van der Waals surface area (Å²) in [6.07, 6.45) is 2.15. The summed E-state index contributed by atoms with van der Waals surface area (Å²) in [5.41, 5.74) is 1.04. The first-order chi connectivity index (χ1) is 4.70. The second-order valence-corrected chi connectivity index (χ2v) is 2.00. The normalized spacial score (nSPS) is 10.5. The van der Waals surface area contributed by atoms with Gasteiger partial charge in [0.15, 0.2) is 0 Å². The zero-order valence-corrected chi connectivity index (χ0v) is 6.42. The second-order valence-electron chi connectivity index (χ2n) is 2.00. The molecule has 0 heterocycles. The lowest BCUT2D eigenvalue weighted by Crippen LogP contribution is -1.97. The molecular weight excluding hydrogens is 130 g/mol. The number of carbonyl (C=O) groups is 1. The van der Waals surface area contributed by atoms with Crippen LogP contribution in [0.3, 0.4) is 0 Å². The van der Waals surface area contributed by atoms with E-state index in [-0.39, 0.29) is 0 Å². The van der Waals surface area contributed by atoms with Crippen molar-refractivity contribution in [2.75, 3.05) is 7.11 Å². The van der Waals surface area contributed by atoms with Crippen molar-refractivity contribution in [2.45, 2.75) is 13.8 Å². The largest absolute Gasteiger partial charge is 0.481 e. The third-order valence-corrected chi connectivity index (χ3v) is 0.801. The maximum Gasteiger partial charge on any atom is 0.236 e. The number of rotatable bonds is 2. The van der Waals surface area contributed by atoms with Crippen molar-refractivity contribution in [1.82, 2.24) is 0 Å². The molecule has 1 amide bonds. The number of aliphatic imine (C=N–C) groups is 1. The highest BCUT2D eigenvalue weighted by Crippen LogP contribution is 1.90. The van der Waals surface area contributed by atoms with Crippen LogP contribution in [0.1, 0.15) is 13.8 Å². The molecule has 0 aliphatic heterocycles. The highest BCUT2D eigenvalue weighted by Gasteiger charge is 1.89. The van der Waals surface area contributed by atoms with Gasteiger partial charge in [0.05, 0.1) is 7.11 Å². The smallest absolute Gasteiger partial charge is 0.236 e. The Labute approximate surface area is 60.4 Å². The third kappa shape index (κ3) is 3.83. The number of amides is 1. The molecule has 0 unspecified atom stereocenters. The monoisotopic (exact) mass is 141 g/mol. The minimum atomic E-state index is 0.343. The molecule has 0 bridgehead atoms. The lowest BCUT2D eigenvalue weighted by molar-refractivity contribution is -0.106. The van der Waals surface area contributed by atoms with Crippen molar-refractivity contribution in [2.24, 2.45) is 4.99 Å². The molecule has 0 atom stereocenters. The first kappa shape index (κ1) is 8.88. The zero-order chi connectivity index (χ0) is 7.98. The van der Waals surface area contributed by atoms with Gasteiger partial charge in [-0.25, -0.2) is 0 Å². The highest BCUT2D eigenvalue weighted by atomic mass is 16.5. The molecule has 0 saturated heterocycles. The lowest BCUT2D eigenvalue weighted by atomic mass is 10.3. The van der Waals surface area contributed by atoms with E-state index in [2.05, 4.69) is 4.99 Å². The Hall–Kier alpha value is -1.12.